The van der Waals surface area contributed by atoms with Gasteiger partial charge >= 0.3 is 0 Å². The van der Waals surface area contributed by atoms with Gasteiger partial charge in [0.1, 0.15) is 0 Å². The number of ether oxygens (including phenoxy) is 1. The number of carbonyl (C=O) groups is 1. The van der Waals surface area contributed by atoms with E-state index >= 15 is 0 Å². The summed E-state index contributed by atoms with van der Waals surface area (Å²) in [6.45, 7) is 2.53. The minimum atomic E-state index is -0.528. The SMILES string of the molecule is COc1ccc(C(=O)N2CCC(N)C2C)cc1F. The maximum Gasteiger partial charge on any atom is 0.254 e. The Morgan fingerprint density at radius 3 is 2.78 bits per heavy atom. The molecule has 0 aromatic heterocycles. The first kappa shape index (κ1) is 12.8. The Morgan fingerprint density at radius 1 is 1.56 bits per heavy atom. The van der Waals surface area contributed by atoms with Gasteiger partial charge in [-0.05, 0) is 31.5 Å². The van der Waals surface area contributed by atoms with Gasteiger partial charge in [-0.2, -0.15) is 0 Å². The summed E-state index contributed by atoms with van der Waals surface area (Å²) in [6, 6.07) is 4.22. The van der Waals surface area contributed by atoms with Crippen LogP contribution in [0.25, 0.3) is 0 Å². The molecule has 2 atom stereocenters. The molecule has 0 saturated carbocycles. The van der Waals surface area contributed by atoms with E-state index in [9.17, 15) is 9.18 Å². The summed E-state index contributed by atoms with van der Waals surface area (Å²) in [5, 5.41) is 0. The van der Waals surface area contributed by atoms with E-state index in [1.807, 2.05) is 6.92 Å². The highest BCUT2D eigenvalue weighted by Crippen LogP contribution is 2.22. The van der Waals surface area contributed by atoms with Gasteiger partial charge in [0, 0.05) is 24.2 Å². The van der Waals surface area contributed by atoms with E-state index in [4.69, 9.17) is 10.5 Å². The molecule has 0 aliphatic carbocycles. The molecule has 98 valence electrons. The van der Waals surface area contributed by atoms with Crippen LogP contribution in [0.1, 0.15) is 23.7 Å². The topological polar surface area (TPSA) is 55.6 Å². The summed E-state index contributed by atoms with van der Waals surface area (Å²) in [6.07, 6.45) is 0.783. The molecule has 1 saturated heterocycles. The molecule has 1 amide bonds. The van der Waals surface area contributed by atoms with E-state index in [2.05, 4.69) is 0 Å². The fourth-order valence-electron chi connectivity index (χ4n) is 2.22. The number of likely N-dealkylation sites (tertiary alicyclic amines) is 1. The second-order valence-electron chi connectivity index (χ2n) is 4.54. The third-order valence-electron chi connectivity index (χ3n) is 3.47. The Balaban J connectivity index is 2.21. The zero-order valence-corrected chi connectivity index (χ0v) is 10.5. The number of rotatable bonds is 2. The number of halogens is 1. The van der Waals surface area contributed by atoms with Crippen LogP contribution in [0.2, 0.25) is 0 Å². The number of amides is 1. The molecule has 1 aliphatic rings. The summed E-state index contributed by atoms with van der Waals surface area (Å²) in [4.78, 5) is 13.9. The average molecular weight is 252 g/mol. The maximum absolute atomic E-state index is 13.6. The molecule has 0 spiro atoms. The first-order chi connectivity index (χ1) is 8.54. The minimum absolute atomic E-state index is 0.00274. The number of nitrogens with two attached hydrogens (primary N) is 1. The van der Waals surface area contributed by atoms with Crippen LogP contribution in [0.3, 0.4) is 0 Å². The molecule has 1 aromatic carbocycles. The van der Waals surface area contributed by atoms with Crippen molar-refractivity contribution in [3.8, 4) is 5.75 Å². The predicted octanol–water partition coefficient (Wildman–Crippen LogP) is 1.40. The number of hydrogen-bond donors (Lipinski definition) is 1. The lowest BCUT2D eigenvalue weighted by molar-refractivity contribution is 0.0742. The van der Waals surface area contributed by atoms with Crippen LogP contribution >= 0.6 is 0 Å². The van der Waals surface area contributed by atoms with Crippen molar-refractivity contribution in [1.82, 2.24) is 4.90 Å². The van der Waals surface area contributed by atoms with E-state index < -0.39 is 5.82 Å². The predicted molar refractivity (Wildman–Crippen MR) is 66.0 cm³/mol. The fourth-order valence-corrected chi connectivity index (χ4v) is 2.22. The molecule has 1 aromatic rings. The van der Waals surface area contributed by atoms with Crippen LogP contribution in [-0.4, -0.2) is 36.5 Å². The number of hydrogen-bond acceptors (Lipinski definition) is 3. The number of benzene rings is 1. The molecule has 5 heteroatoms. The first-order valence-corrected chi connectivity index (χ1v) is 5.94. The zero-order chi connectivity index (χ0) is 13.3. The Morgan fingerprint density at radius 2 is 2.28 bits per heavy atom. The van der Waals surface area contributed by atoms with Crippen LogP contribution in [0.5, 0.6) is 5.75 Å². The van der Waals surface area contributed by atoms with Crippen LogP contribution in [0.4, 0.5) is 4.39 Å². The van der Waals surface area contributed by atoms with Gasteiger partial charge in [-0.25, -0.2) is 4.39 Å². The average Bonchev–Trinajstić information content (AvgIpc) is 2.69. The van der Waals surface area contributed by atoms with Gasteiger partial charge in [-0.3, -0.25) is 4.79 Å². The highest BCUT2D eigenvalue weighted by atomic mass is 19.1. The zero-order valence-electron chi connectivity index (χ0n) is 10.5. The van der Waals surface area contributed by atoms with Crippen LogP contribution in [0, 0.1) is 5.82 Å². The number of nitrogens with zero attached hydrogens (tertiary/aromatic N) is 1. The van der Waals surface area contributed by atoms with Crippen LogP contribution in [0.15, 0.2) is 18.2 Å². The lowest BCUT2D eigenvalue weighted by atomic mass is 10.1. The molecule has 2 N–H and O–H groups in total. The summed E-state index contributed by atoms with van der Waals surface area (Å²) < 4.78 is 18.4. The van der Waals surface area contributed by atoms with E-state index in [-0.39, 0.29) is 23.7 Å². The van der Waals surface area contributed by atoms with Gasteiger partial charge in [0.2, 0.25) is 0 Å². The lowest BCUT2D eigenvalue weighted by Gasteiger charge is -2.23. The molecule has 1 heterocycles. The minimum Gasteiger partial charge on any atom is -0.494 e. The lowest BCUT2D eigenvalue weighted by Crippen LogP contribution is -2.40. The standard InChI is InChI=1S/C13H17FN2O2/c1-8-11(15)5-6-16(8)13(17)9-3-4-12(18-2)10(14)7-9/h3-4,7-8,11H,5-6,15H2,1-2H3. The summed E-state index contributed by atoms with van der Waals surface area (Å²) >= 11 is 0. The third kappa shape index (κ3) is 2.18. The summed E-state index contributed by atoms with van der Waals surface area (Å²) in [7, 11) is 1.39. The second-order valence-corrected chi connectivity index (χ2v) is 4.54. The molecular weight excluding hydrogens is 235 g/mol. The van der Waals surface area contributed by atoms with Crippen molar-refractivity contribution >= 4 is 5.91 Å². The highest BCUT2D eigenvalue weighted by Gasteiger charge is 2.32. The van der Waals surface area contributed by atoms with Crippen molar-refractivity contribution in [1.29, 1.82) is 0 Å². The number of carbonyl (C=O) groups excluding carboxylic acids is 1. The molecular formula is C13H17FN2O2. The molecule has 1 fully saturated rings. The number of methoxy groups -OCH3 is 1. The third-order valence-corrected chi connectivity index (χ3v) is 3.47. The van der Waals surface area contributed by atoms with Crippen LogP contribution in [-0.2, 0) is 0 Å². The van der Waals surface area contributed by atoms with Crippen LogP contribution < -0.4 is 10.5 Å². The van der Waals surface area contributed by atoms with Crippen molar-refractivity contribution in [2.24, 2.45) is 5.73 Å². The van der Waals surface area contributed by atoms with Crippen molar-refractivity contribution in [3.05, 3.63) is 29.6 Å². The smallest absolute Gasteiger partial charge is 0.254 e. The van der Waals surface area contributed by atoms with E-state index in [0.717, 1.165) is 6.42 Å². The van der Waals surface area contributed by atoms with E-state index in [1.54, 1.807) is 11.0 Å². The van der Waals surface area contributed by atoms with E-state index in [1.165, 1.54) is 19.2 Å². The molecule has 0 radical (unpaired) electrons. The van der Waals surface area contributed by atoms with Crippen molar-refractivity contribution in [3.63, 3.8) is 0 Å². The Bertz CT molecular complexity index is 464. The van der Waals surface area contributed by atoms with Gasteiger partial charge in [0.15, 0.2) is 11.6 Å². The largest absolute Gasteiger partial charge is 0.494 e. The molecule has 2 unspecified atom stereocenters. The van der Waals surface area contributed by atoms with Gasteiger partial charge in [0.25, 0.3) is 5.91 Å². The van der Waals surface area contributed by atoms with Gasteiger partial charge in [-0.15, -0.1) is 0 Å². The molecule has 1 aliphatic heterocycles. The van der Waals surface area contributed by atoms with Crippen molar-refractivity contribution in [2.75, 3.05) is 13.7 Å². The maximum atomic E-state index is 13.6. The second kappa shape index (κ2) is 4.94. The van der Waals surface area contributed by atoms with Gasteiger partial charge in [-0.1, -0.05) is 0 Å². The van der Waals surface area contributed by atoms with Crippen molar-refractivity contribution in [2.45, 2.75) is 25.4 Å². The quantitative estimate of drug-likeness (QED) is 0.865. The van der Waals surface area contributed by atoms with Crippen molar-refractivity contribution < 1.29 is 13.9 Å². The van der Waals surface area contributed by atoms with E-state index in [0.29, 0.717) is 12.1 Å². The molecule has 18 heavy (non-hydrogen) atoms. The van der Waals surface area contributed by atoms with Gasteiger partial charge in [0.05, 0.1) is 7.11 Å². The molecule has 2 rings (SSSR count). The van der Waals surface area contributed by atoms with Gasteiger partial charge < -0.3 is 15.4 Å². The Kier molecular flexibility index (Phi) is 3.52. The monoisotopic (exact) mass is 252 g/mol. The Hall–Kier alpha value is -1.62. The fraction of sp³-hybridized carbons (Fsp3) is 0.462. The highest BCUT2D eigenvalue weighted by molar-refractivity contribution is 5.94. The summed E-state index contributed by atoms with van der Waals surface area (Å²) in [5.41, 5.74) is 6.20. The summed E-state index contributed by atoms with van der Waals surface area (Å²) in [5.74, 6) is -0.575. The molecule has 0 bridgehead atoms. The normalized spacial score (nSPS) is 23.2. The first-order valence-electron chi connectivity index (χ1n) is 5.94. The Labute approximate surface area is 106 Å². The molecule has 4 nitrogen and oxygen atoms in total.